The Morgan fingerprint density at radius 1 is 1.00 bits per heavy atom. The standard InChI is InChI=1S/C22H17F3N4O2/c23-22(24,25)18-6-2-1-4-15(18)13-30-20-8-7-14(12-28-20)10-16-11-19(31-29-16)17-5-3-9-27-21(17)26/h1-9,11-12H,10,13H2,(H2,26,27). The SMILES string of the molecule is Nc1ncccc1-c1cc(Cc2ccc(OCc3ccccc3C(F)(F)F)nc2)no1. The van der Waals surface area contributed by atoms with Crippen LogP contribution in [0.1, 0.15) is 22.4 Å². The summed E-state index contributed by atoms with van der Waals surface area (Å²) < 4.78 is 50.0. The van der Waals surface area contributed by atoms with Gasteiger partial charge in [0.15, 0.2) is 5.76 Å². The number of rotatable bonds is 6. The Kier molecular flexibility index (Phi) is 5.57. The zero-order valence-electron chi connectivity index (χ0n) is 16.1. The van der Waals surface area contributed by atoms with E-state index in [1.165, 1.54) is 18.2 Å². The van der Waals surface area contributed by atoms with E-state index in [0.29, 0.717) is 29.3 Å². The Labute approximate surface area is 175 Å². The molecule has 0 amide bonds. The number of anilines is 1. The fourth-order valence-corrected chi connectivity index (χ4v) is 3.03. The number of alkyl halides is 3. The summed E-state index contributed by atoms with van der Waals surface area (Å²) in [5.74, 6) is 1.09. The molecule has 3 aromatic heterocycles. The Hall–Kier alpha value is -3.88. The number of hydrogen-bond donors (Lipinski definition) is 1. The normalized spacial score (nSPS) is 11.5. The van der Waals surface area contributed by atoms with Crippen molar-refractivity contribution in [3.8, 4) is 17.2 Å². The molecule has 9 heteroatoms. The van der Waals surface area contributed by atoms with Crippen molar-refractivity contribution >= 4 is 5.82 Å². The summed E-state index contributed by atoms with van der Waals surface area (Å²) in [6.07, 6.45) is -0.813. The minimum absolute atomic E-state index is 0.0469. The van der Waals surface area contributed by atoms with E-state index in [4.69, 9.17) is 15.0 Å². The second-order valence-electron chi connectivity index (χ2n) is 6.74. The van der Waals surface area contributed by atoms with Gasteiger partial charge < -0.3 is 15.0 Å². The van der Waals surface area contributed by atoms with Crippen LogP contribution in [0.3, 0.4) is 0 Å². The highest BCUT2D eigenvalue weighted by Crippen LogP contribution is 2.32. The maximum atomic E-state index is 13.1. The highest BCUT2D eigenvalue weighted by Gasteiger charge is 2.33. The largest absolute Gasteiger partial charge is 0.473 e. The highest BCUT2D eigenvalue weighted by atomic mass is 19.4. The van der Waals surface area contributed by atoms with Crippen molar-refractivity contribution in [3.05, 3.63) is 89.4 Å². The van der Waals surface area contributed by atoms with Gasteiger partial charge in [0.1, 0.15) is 12.4 Å². The first-order valence-corrected chi connectivity index (χ1v) is 9.29. The Balaban J connectivity index is 1.40. The van der Waals surface area contributed by atoms with Crippen LogP contribution in [0.4, 0.5) is 19.0 Å². The van der Waals surface area contributed by atoms with Crippen LogP contribution in [-0.4, -0.2) is 15.1 Å². The number of halogens is 3. The van der Waals surface area contributed by atoms with Gasteiger partial charge >= 0.3 is 6.18 Å². The molecule has 31 heavy (non-hydrogen) atoms. The number of nitrogen functional groups attached to an aromatic ring is 1. The van der Waals surface area contributed by atoms with Crippen LogP contribution in [0, 0.1) is 0 Å². The number of pyridine rings is 2. The molecule has 0 spiro atoms. The van der Waals surface area contributed by atoms with Gasteiger partial charge in [-0.15, -0.1) is 0 Å². The van der Waals surface area contributed by atoms with Crippen LogP contribution in [-0.2, 0) is 19.2 Å². The van der Waals surface area contributed by atoms with Gasteiger partial charge in [-0.1, -0.05) is 29.4 Å². The molecule has 2 N–H and O–H groups in total. The maximum absolute atomic E-state index is 13.1. The lowest BCUT2D eigenvalue weighted by Crippen LogP contribution is -2.11. The topological polar surface area (TPSA) is 87.1 Å². The second kappa shape index (κ2) is 8.47. The molecule has 158 valence electrons. The third-order valence-electron chi connectivity index (χ3n) is 4.54. The molecule has 0 atom stereocenters. The van der Waals surface area contributed by atoms with Gasteiger partial charge in [-0.05, 0) is 23.8 Å². The van der Waals surface area contributed by atoms with Crippen LogP contribution >= 0.6 is 0 Å². The highest BCUT2D eigenvalue weighted by molar-refractivity contribution is 5.69. The molecule has 1 aromatic carbocycles. The molecule has 0 saturated heterocycles. The summed E-state index contributed by atoms with van der Waals surface area (Å²) in [6.45, 7) is -0.235. The van der Waals surface area contributed by atoms with E-state index in [-0.39, 0.29) is 18.1 Å². The van der Waals surface area contributed by atoms with Crippen molar-refractivity contribution in [2.75, 3.05) is 5.73 Å². The Morgan fingerprint density at radius 2 is 1.84 bits per heavy atom. The molecule has 0 aliphatic rings. The third kappa shape index (κ3) is 4.82. The quantitative estimate of drug-likeness (QED) is 0.472. The molecule has 0 radical (unpaired) electrons. The zero-order valence-corrected chi connectivity index (χ0v) is 16.1. The first kappa shape index (κ1) is 20.4. The lowest BCUT2D eigenvalue weighted by molar-refractivity contribution is -0.138. The van der Waals surface area contributed by atoms with Crippen LogP contribution in [0.15, 0.2) is 71.5 Å². The second-order valence-corrected chi connectivity index (χ2v) is 6.74. The number of aromatic nitrogens is 3. The number of hydrogen-bond acceptors (Lipinski definition) is 6. The molecule has 0 aliphatic heterocycles. The van der Waals surface area contributed by atoms with E-state index >= 15 is 0 Å². The van der Waals surface area contributed by atoms with Crippen LogP contribution in [0.5, 0.6) is 5.88 Å². The maximum Gasteiger partial charge on any atom is 0.416 e. The summed E-state index contributed by atoms with van der Waals surface area (Å²) >= 11 is 0. The predicted molar refractivity (Wildman–Crippen MR) is 107 cm³/mol. The molecule has 3 heterocycles. The molecule has 0 unspecified atom stereocenters. The van der Waals surface area contributed by atoms with Gasteiger partial charge in [0.25, 0.3) is 0 Å². The molecular formula is C22H17F3N4O2. The van der Waals surface area contributed by atoms with Crippen molar-refractivity contribution in [3.63, 3.8) is 0 Å². The van der Waals surface area contributed by atoms with Crippen LogP contribution in [0.25, 0.3) is 11.3 Å². The number of nitrogens with two attached hydrogens (primary N) is 1. The van der Waals surface area contributed by atoms with Gasteiger partial charge in [0, 0.05) is 36.5 Å². The van der Waals surface area contributed by atoms with Crippen LogP contribution < -0.4 is 10.5 Å². The summed E-state index contributed by atoms with van der Waals surface area (Å²) in [6, 6.07) is 14.0. The van der Waals surface area contributed by atoms with E-state index in [0.717, 1.165) is 11.6 Å². The molecule has 4 aromatic rings. The van der Waals surface area contributed by atoms with Gasteiger partial charge in [0.2, 0.25) is 5.88 Å². The van der Waals surface area contributed by atoms with Crippen molar-refractivity contribution in [1.29, 1.82) is 0 Å². The summed E-state index contributed by atoms with van der Waals surface area (Å²) in [4.78, 5) is 8.19. The molecular weight excluding hydrogens is 409 g/mol. The summed E-state index contributed by atoms with van der Waals surface area (Å²) in [5.41, 5.74) is 7.34. The van der Waals surface area contributed by atoms with Crippen molar-refractivity contribution in [2.24, 2.45) is 0 Å². The minimum atomic E-state index is -4.44. The van der Waals surface area contributed by atoms with E-state index in [9.17, 15) is 13.2 Å². The van der Waals surface area contributed by atoms with Crippen molar-refractivity contribution in [2.45, 2.75) is 19.2 Å². The van der Waals surface area contributed by atoms with Gasteiger partial charge in [-0.3, -0.25) is 0 Å². The summed E-state index contributed by atoms with van der Waals surface area (Å²) in [5, 5.41) is 4.04. The van der Waals surface area contributed by atoms with Gasteiger partial charge in [0.05, 0.1) is 16.8 Å². The van der Waals surface area contributed by atoms with E-state index in [2.05, 4.69) is 15.1 Å². The van der Waals surface area contributed by atoms with Crippen molar-refractivity contribution < 1.29 is 22.4 Å². The predicted octanol–water partition coefficient (Wildman–Crippen LogP) is 4.90. The van der Waals surface area contributed by atoms with E-state index < -0.39 is 11.7 Å². The smallest absolute Gasteiger partial charge is 0.416 e. The van der Waals surface area contributed by atoms with Crippen LogP contribution in [0.2, 0.25) is 0 Å². The molecule has 4 rings (SSSR count). The average molecular weight is 426 g/mol. The zero-order chi connectivity index (χ0) is 21.8. The van der Waals surface area contributed by atoms with Gasteiger partial charge in [-0.25, -0.2) is 9.97 Å². The van der Waals surface area contributed by atoms with E-state index in [1.807, 2.05) is 0 Å². The van der Waals surface area contributed by atoms with Gasteiger partial charge in [-0.2, -0.15) is 13.2 Å². The van der Waals surface area contributed by atoms with E-state index in [1.54, 1.807) is 42.7 Å². The number of ether oxygens (including phenoxy) is 1. The minimum Gasteiger partial charge on any atom is -0.473 e. The monoisotopic (exact) mass is 426 g/mol. The fraction of sp³-hybridized carbons (Fsp3) is 0.136. The molecule has 0 aliphatic carbocycles. The lowest BCUT2D eigenvalue weighted by atomic mass is 10.1. The lowest BCUT2D eigenvalue weighted by Gasteiger charge is -2.13. The first-order valence-electron chi connectivity index (χ1n) is 9.29. The Bertz CT molecular complexity index is 1170. The van der Waals surface area contributed by atoms with Crippen molar-refractivity contribution in [1.82, 2.24) is 15.1 Å². The number of nitrogens with zero attached hydrogens (tertiary/aromatic N) is 3. The Morgan fingerprint density at radius 3 is 2.58 bits per heavy atom. The molecule has 0 bridgehead atoms. The fourth-order valence-electron chi connectivity index (χ4n) is 3.03. The molecule has 0 saturated carbocycles. The first-order chi connectivity index (χ1) is 14.9. The number of benzene rings is 1. The molecule has 0 fully saturated rings. The summed E-state index contributed by atoms with van der Waals surface area (Å²) in [7, 11) is 0. The molecule has 6 nitrogen and oxygen atoms in total. The average Bonchev–Trinajstić information content (AvgIpc) is 3.21. The third-order valence-corrected chi connectivity index (χ3v) is 4.54.